The fourth-order valence-corrected chi connectivity index (χ4v) is 2.27. The molecule has 1 nitrogen and oxygen atoms in total. The molecule has 0 amide bonds. The molecule has 21 heavy (non-hydrogen) atoms. The number of aliphatic hydroxyl groups excluding tert-OH is 1. The van der Waals surface area contributed by atoms with Gasteiger partial charge in [-0.1, -0.05) is 23.7 Å². The summed E-state index contributed by atoms with van der Waals surface area (Å²) in [5.41, 5.74) is -0.809. The van der Waals surface area contributed by atoms with Crippen molar-refractivity contribution < 1.29 is 22.7 Å². The maximum atomic E-state index is 13.8. The van der Waals surface area contributed by atoms with Gasteiger partial charge in [-0.2, -0.15) is 13.2 Å². The maximum absolute atomic E-state index is 13.8. The van der Waals surface area contributed by atoms with Crippen molar-refractivity contribution in [3.05, 3.63) is 68.4 Å². The van der Waals surface area contributed by atoms with Crippen LogP contribution >= 0.6 is 27.5 Å². The third-order valence-electron chi connectivity index (χ3n) is 2.89. The van der Waals surface area contributed by atoms with Crippen LogP contribution in [0, 0.1) is 5.82 Å². The minimum Gasteiger partial charge on any atom is -0.384 e. The minimum atomic E-state index is -4.46. The molecule has 0 aliphatic heterocycles. The molecule has 0 heterocycles. The summed E-state index contributed by atoms with van der Waals surface area (Å²) >= 11 is 8.87. The number of aliphatic hydroxyl groups is 1. The van der Waals surface area contributed by atoms with E-state index in [0.717, 1.165) is 30.3 Å². The standard InChI is InChI=1S/C14H8BrClF4O/c15-10-6-12(17)9(5-11(10)16)13(21)7-1-3-8(4-2-7)14(18,19)20/h1-6,13,21H. The SMILES string of the molecule is OC(c1ccc(C(F)(F)F)cc1)c1cc(Cl)c(Br)cc1F. The molecule has 0 saturated carbocycles. The van der Waals surface area contributed by atoms with E-state index < -0.39 is 23.7 Å². The van der Waals surface area contributed by atoms with E-state index in [1.165, 1.54) is 6.07 Å². The lowest BCUT2D eigenvalue weighted by Crippen LogP contribution is -2.07. The van der Waals surface area contributed by atoms with Gasteiger partial charge in [0.05, 0.1) is 10.6 Å². The second-order valence-corrected chi connectivity index (χ2v) is 5.57. The Hall–Kier alpha value is -1.11. The van der Waals surface area contributed by atoms with Crippen LogP contribution in [-0.4, -0.2) is 5.11 Å². The highest BCUT2D eigenvalue weighted by Crippen LogP contribution is 2.33. The van der Waals surface area contributed by atoms with Gasteiger partial charge >= 0.3 is 6.18 Å². The average Bonchev–Trinajstić information content (AvgIpc) is 2.41. The van der Waals surface area contributed by atoms with Gasteiger partial charge in [0, 0.05) is 10.0 Å². The molecule has 2 aromatic rings. The van der Waals surface area contributed by atoms with Crippen molar-refractivity contribution in [3.8, 4) is 0 Å². The lowest BCUT2D eigenvalue weighted by atomic mass is 10.00. The number of benzene rings is 2. The summed E-state index contributed by atoms with van der Waals surface area (Å²) in [6.07, 6.45) is -5.87. The zero-order valence-corrected chi connectivity index (χ0v) is 12.6. The zero-order valence-electron chi connectivity index (χ0n) is 10.3. The van der Waals surface area contributed by atoms with Crippen LogP contribution in [0.25, 0.3) is 0 Å². The number of alkyl halides is 3. The molecular weight excluding hydrogens is 376 g/mol. The maximum Gasteiger partial charge on any atom is 0.416 e. The Morgan fingerprint density at radius 3 is 2.19 bits per heavy atom. The highest BCUT2D eigenvalue weighted by atomic mass is 79.9. The molecule has 112 valence electrons. The molecule has 7 heteroatoms. The molecule has 1 atom stereocenters. The minimum absolute atomic E-state index is 0.108. The summed E-state index contributed by atoms with van der Waals surface area (Å²) in [5, 5.41) is 10.3. The van der Waals surface area contributed by atoms with Crippen LogP contribution in [0.3, 0.4) is 0 Å². The van der Waals surface area contributed by atoms with Crippen molar-refractivity contribution in [1.29, 1.82) is 0 Å². The quantitative estimate of drug-likeness (QED) is 0.548. The Kier molecular flexibility index (Phi) is 4.60. The van der Waals surface area contributed by atoms with Crippen LogP contribution in [0.2, 0.25) is 5.02 Å². The van der Waals surface area contributed by atoms with E-state index in [1.54, 1.807) is 0 Å². The molecule has 0 fully saturated rings. The van der Waals surface area contributed by atoms with Crippen molar-refractivity contribution in [1.82, 2.24) is 0 Å². The largest absolute Gasteiger partial charge is 0.416 e. The van der Waals surface area contributed by atoms with Crippen LogP contribution in [0.1, 0.15) is 22.8 Å². The van der Waals surface area contributed by atoms with Crippen LogP contribution < -0.4 is 0 Å². The molecule has 0 radical (unpaired) electrons. The Morgan fingerprint density at radius 2 is 1.67 bits per heavy atom. The number of hydrogen-bond acceptors (Lipinski definition) is 1. The van der Waals surface area contributed by atoms with Crippen LogP contribution in [0.5, 0.6) is 0 Å². The molecule has 0 bridgehead atoms. The second kappa shape index (κ2) is 5.94. The van der Waals surface area contributed by atoms with Crippen LogP contribution in [0.15, 0.2) is 40.9 Å². The Morgan fingerprint density at radius 1 is 1.10 bits per heavy atom. The molecule has 0 aliphatic carbocycles. The fourth-order valence-electron chi connectivity index (χ4n) is 1.78. The lowest BCUT2D eigenvalue weighted by Gasteiger charge is -2.14. The molecule has 1 unspecified atom stereocenters. The van der Waals surface area contributed by atoms with Crippen molar-refractivity contribution in [3.63, 3.8) is 0 Å². The smallest absolute Gasteiger partial charge is 0.384 e. The topological polar surface area (TPSA) is 20.2 Å². The number of halogens is 6. The molecule has 0 aliphatic rings. The van der Waals surface area contributed by atoms with Crippen LogP contribution in [0.4, 0.5) is 17.6 Å². The van der Waals surface area contributed by atoms with Crippen molar-refractivity contribution in [2.24, 2.45) is 0 Å². The predicted octanol–water partition coefficient (Wildman–Crippen LogP) is 5.34. The van der Waals surface area contributed by atoms with E-state index in [9.17, 15) is 22.7 Å². The fraction of sp³-hybridized carbons (Fsp3) is 0.143. The van der Waals surface area contributed by atoms with Crippen molar-refractivity contribution in [2.45, 2.75) is 12.3 Å². The van der Waals surface area contributed by atoms with Gasteiger partial charge in [0.25, 0.3) is 0 Å². The normalized spacial score (nSPS) is 13.3. The predicted molar refractivity (Wildman–Crippen MR) is 74.6 cm³/mol. The average molecular weight is 384 g/mol. The van der Waals surface area contributed by atoms with Crippen molar-refractivity contribution >= 4 is 27.5 Å². The zero-order chi connectivity index (χ0) is 15.8. The van der Waals surface area contributed by atoms with Gasteiger partial charge in [0.2, 0.25) is 0 Å². The summed E-state index contributed by atoms with van der Waals surface area (Å²) < 4.78 is 51.5. The first-order valence-electron chi connectivity index (χ1n) is 5.70. The summed E-state index contributed by atoms with van der Waals surface area (Å²) in [5.74, 6) is -0.710. The Bertz CT molecular complexity index is 655. The first-order chi connectivity index (χ1) is 9.70. The molecule has 0 saturated heterocycles. The van der Waals surface area contributed by atoms with Gasteiger partial charge in [0.15, 0.2) is 0 Å². The third kappa shape index (κ3) is 3.56. The van der Waals surface area contributed by atoms with Gasteiger partial charge in [-0.15, -0.1) is 0 Å². The highest BCUT2D eigenvalue weighted by molar-refractivity contribution is 9.10. The highest BCUT2D eigenvalue weighted by Gasteiger charge is 2.30. The second-order valence-electron chi connectivity index (χ2n) is 4.31. The van der Waals surface area contributed by atoms with E-state index in [2.05, 4.69) is 15.9 Å². The van der Waals surface area contributed by atoms with Gasteiger partial charge < -0.3 is 5.11 Å². The number of hydrogen-bond donors (Lipinski definition) is 1. The van der Waals surface area contributed by atoms with E-state index in [-0.39, 0.29) is 16.1 Å². The van der Waals surface area contributed by atoms with E-state index in [0.29, 0.717) is 4.47 Å². The first kappa shape index (κ1) is 16.3. The van der Waals surface area contributed by atoms with Gasteiger partial charge in [-0.25, -0.2) is 4.39 Å². The lowest BCUT2D eigenvalue weighted by molar-refractivity contribution is -0.137. The third-order valence-corrected chi connectivity index (χ3v) is 4.09. The van der Waals surface area contributed by atoms with Gasteiger partial charge in [-0.3, -0.25) is 0 Å². The molecule has 0 spiro atoms. The Labute approximate surface area is 131 Å². The Balaban J connectivity index is 2.36. The molecule has 2 aromatic carbocycles. The van der Waals surface area contributed by atoms with Crippen molar-refractivity contribution in [2.75, 3.05) is 0 Å². The summed E-state index contributed by atoms with van der Waals surface area (Å²) in [7, 11) is 0. The van der Waals surface area contributed by atoms with Gasteiger partial charge in [0.1, 0.15) is 11.9 Å². The van der Waals surface area contributed by atoms with Gasteiger partial charge in [-0.05, 0) is 45.8 Å². The molecule has 0 aromatic heterocycles. The monoisotopic (exact) mass is 382 g/mol. The van der Waals surface area contributed by atoms with Crippen LogP contribution in [-0.2, 0) is 6.18 Å². The van der Waals surface area contributed by atoms with E-state index in [4.69, 9.17) is 11.6 Å². The summed E-state index contributed by atoms with van der Waals surface area (Å²) in [6, 6.07) is 6.17. The molecule has 1 N–H and O–H groups in total. The van der Waals surface area contributed by atoms with E-state index in [1.807, 2.05) is 0 Å². The molecule has 2 rings (SSSR count). The van der Waals surface area contributed by atoms with E-state index >= 15 is 0 Å². The summed E-state index contributed by atoms with van der Waals surface area (Å²) in [6.45, 7) is 0. The molecular formula is C14H8BrClF4O. The summed E-state index contributed by atoms with van der Waals surface area (Å²) in [4.78, 5) is 0. The number of rotatable bonds is 2. The first-order valence-corrected chi connectivity index (χ1v) is 6.87.